The van der Waals surface area contributed by atoms with Gasteiger partial charge >= 0.3 is 0 Å². The van der Waals surface area contributed by atoms with E-state index in [1.807, 2.05) is 36.4 Å². The fourth-order valence-electron chi connectivity index (χ4n) is 1.18. The first-order valence-electron chi connectivity index (χ1n) is 5.36. The van der Waals surface area contributed by atoms with Crippen LogP contribution < -0.4 is 5.56 Å². The summed E-state index contributed by atoms with van der Waals surface area (Å²) in [6.45, 7) is 5.26. The Bertz CT molecular complexity index is 629. The van der Waals surface area contributed by atoms with Crippen LogP contribution in [0.4, 0.5) is 0 Å². The Labute approximate surface area is 111 Å². The van der Waals surface area contributed by atoms with Crippen molar-refractivity contribution in [3.63, 3.8) is 0 Å². The molecule has 1 aromatic heterocycles. The summed E-state index contributed by atoms with van der Waals surface area (Å²) >= 11 is 4.75. The van der Waals surface area contributed by atoms with Gasteiger partial charge < -0.3 is 0 Å². The van der Waals surface area contributed by atoms with Crippen molar-refractivity contribution in [2.24, 2.45) is 7.05 Å². The molecule has 18 heavy (non-hydrogen) atoms. The Morgan fingerprint density at radius 1 is 1.39 bits per heavy atom. The van der Waals surface area contributed by atoms with Gasteiger partial charge in [-0.25, -0.2) is 0 Å². The van der Waals surface area contributed by atoms with Gasteiger partial charge in [0.25, 0.3) is 5.56 Å². The number of hydrogen-bond acceptors (Lipinski definition) is 3. The third-order valence-electron chi connectivity index (χ3n) is 2.27. The molecule has 0 radical (unpaired) electrons. The van der Waals surface area contributed by atoms with E-state index >= 15 is 0 Å². The van der Waals surface area contributed by atoms with Crippen LogP contribution >= 0.6 is 12.2 Å². The molecule has 1 N–H and O–H groups in total. The van der Waals surface area contributed by atoms with Gasteiger partial charge in [-0.3, -0.25) is 14.5 Å². The lowest BCUT2D eigenvalue weighted by Crippen LogP contribution is -2.22. The number of nitrogens with zero attached hydrogens (tertiary/aromatic N) is 2. The summed E-state index contributed by atoms with van der Waals surface area (Å²) in [6.07, 6.45) is 1.83. The molecule has 0 saturated carbocycles. The predicted molar refractivity (Wildman–Crippen MR) is 75.9 cm³/mol. The van der Waals surface area contributed by atoms with E-state index in [1.165, 1.54) is 10.1 Å². The average Bonchev–Trinajstić information content (AvgIpc) is 2.42. The zero-order valence-electron chi connectivity index (χ0n) is 10.4. The van der Waals surface area contributed by atoms with Gasteiger partial charge in [0.2, 0.25) is 0 Å². The highest BCUT2D eigenvalue weighted by atomic mass is 32.1. The van der Waals surface area contributed by atoms with Crippen LogP contribution in [0.2, 0.25) is 0 Å². The van der Waals surface area contributed by atoms with Crippen LogP contribution in [0.15, 0.2) is 41.7 Å². The van der Waals surface area contributed by atoms with Crippen molar-refractivity contribution in [1.82, 2.24) is 14.8 Å². The first-order valence-corrected chi connectivity index (χ1v) is 5.77. The highest BCUT2D eigenvalue weighted by Crippen LogP contribution is 1.97. The molecule has 0 aliphatic carbocycles. The minimum absolute atomic E-state index is 0.149. The Hall–Kier alpha value is -2.01. The fraction of sp³-hybridized carbons (Fsp3) is 0.154. The van der Waals surface area contributed by atoms with Crippen molar-refractivity contribution < 1.29 is 0 Å². The molecule has 5 heteroatoms. The first-order chi connectivity index (χ1) is 8.56. The van der Waals surface area contributed by atoms with E-state index < -0.39 is 0 Å². The van der Waals surface area contributed by atoms with Crippen LogP contribution in [0.3, 0.4) is 0 Å². The molecule has 0 fully saturated rings. The van der Waals surface area contributed by atoms with Crippen LogP contribution in [0.25, 0.3) is 6.08 Å². The van der Waals surface area contributed by atoms with E-state index in [0.29, 0.717) is 10.5 Å². The smallest absolute Gasteiger partial charge is 0.275 e. The lowest BCUT2D eigenvalue weighted by atomic mass is 10.2. The molecule has 0 spiro atoms. The molecule has 0 amide bonds. The highest BCUT2D eigenvalue weighted by molar-refractivity contribution is 7.71. The van der Waals surface area contributed by atoms with E-state index in [-0.39, 0.29) is 5.56 Å². The van der Waals surface area contributed by atoms with Crippen molar-refractivity contribution in [1.29, 1.82) is 0 Å². The molecule has 0 aliphatic rings. The average molecular weight is 261 g/mol. The zero-order valence-corrected chi connectivity index (χ0v) is 11.2. The molecule has 94 valence electrons. The predicted octanol–water partition coefficient (Wildman–Crippen LogP) is 2.48. The molecule has 1 heterocycles. The van der Waals surface area contributed by atoms with Gasteiger partial charge in [-0.15, -0.1) is 0 Å². The molecule has 1 aromatic carbocycles. The van der Waals surface area contributed by atoms with Crippen molar-refractivity contribution in [3.05, 3.63) is 63.3 Å². The normalized spacial score (nSPS) is 9.22. The number of nitrogens with one attached hydrogen (secondary N) is 1. The molecular formula is C13H15N3OS. The number of aryl methyl sites for hydroxylation is 1. The summed E-state index contributed by atoms with van der Waals surface area (Å²) in [4.78, 5) is 11.0. The van der Waals surface area contributed by atoms with E-state index in [2.05, 4.69) is 16.8 Å². The van der Waals surface area contributed by atoms with E-state index in [4.69, 9.17) is 12.2 Å². The van der Waals surface area contributed by atoms with Gasteiger partial charge in [0.15, 0.2) is 4.77 Å². The largest absolute Gasteiger partial charge is 0.286 e. The third kappa shape index (κ3) is 3.78. The van der Waals surface area contributed by atoms with Gasteiger partial charge in [0.05, 0.1) is 0 Å². The third-order valence-corrected chi connectivity index (χ3v) is 2.64. The van der Waals surface area contributed by atoms with Crippen LogP contribution in [0, 0.1) is 11.7 Å². The van der Waals surface area contributed by atoms with Gasteiger partial charge in [-0.05, 0) is 24.7 Å². The van der Waals surface area contributed by atoms with Crippen LogP contribution in [0.5, 0.6) is 0 Å². The second-order valence-electron chi connectivity index (χ2n) is 3.59. The number of benzene rings is 1. The van der Waals surface area contributed by atoms with Gasteiger partial charge in [0.1, 0.15) is 5.69 Å². The highest BCUT2D eigenvalue weighted by Gasteiger charge is 1.95. The van der Waals surface area contributed by atoms with E-state index in [9.17, 15) is 4.79 Å². The van der Waals surface area contributed by atoms with Crippen molar-refractivity contribution in [2.45, 2.75) is 6.92 Å². The molecule has 0 aliphatic heterocycles. The lowest BCUT2D eigenvalue weighted by molar-refractivity contribution is 0.736. The maximum Gasteiger partial charge on any atom is 0.275 e. The minimum Gasteiger partial charge on any atom is -0.286 e. The Morgan fingerprint density at radius 3 is 2.44 bits per heavy atom. The second kappa shape index (κ2) is 6.66. The van der Waals surface area contributed by atoms with Crippen LogP contribution in [-0.2, 0) is 7.05 Å². The summed E-state index contributed by atoms with van der Waals surface area (Å²) in [5.74, 6) is 0. The molecule has 0 atom stereocenters. The van der Waals surface area contributed by atoms with Crippen molar-refractivity contribution in [3.8, 4) is 0 Å². The Balaban J connectivity index is 0.000000184. The minimum atomic E-state index is -0.149. The monoisotopic (exact) mass is 261 g/mol. The second-order valence-corrected chi connectivity index (χ2v) is 3.98. The number of aromatic amines is 1. The quantitative estimate of drug-likeness (QED) is 0.802. The molecule has 0 bridgehead atoms. The van der Waals surface area contributed by atoms with Gasteiger partial charge in [-0.2, -0.15) is 5.10 Å². The van der Waals surface area contributed by atoms with Gasteiger partial charge in [0, 0.05) is 7.05 Å². The topological polar surface area (TPSA) is 50.7 Å². The molecule has 0 unspecified atom stereocenters. The molecule has 4 nitrogen and oxygen atoms in total. The molecule has 0 saturated heterocycles. The number of hydrogen-bond donors (Lipinski definition) is 1. The lowest BCUT2D eigenvalue weighted by Gasteiger charge is -1.95. The molecular weight excluding hydrogens is 246 g/mol. The molecule has 2 rings (SSSR count). The van der Waals surface area contributed by atoms with Gasteiger partial charge in [-0.1, -0.05) is 43.0 Å². The Kier molecular flexibility index (Phi) is 5.20. The summed E-state index contributed by atoms with van der Waals surface area (Å²) in [5.41, 5.74) is 1.45. The number of H-pyrrole nitrogens is 1. The fourth-order valence-corrected chi connectivity index (χ4v) is 1.31. The summed E-state index contributed by atoms with van der Waals surface area (Å²) in [6, 6.07) is 10.0. The standard InChI is InChI=1S/C8H8.C5H7N3OS/c1-2-8-6-4-3-5-7-8;1-3-4(9)8(2)5(10)7-6-3/h2-7H,1H2;1-2H3,(H,7,10). The van der Waals surface area contributed by atoms with Crippen LogP contribution in [0.1, 0.15) is 11.3 Å². The van der Waals surface area contributed by atoms with E-state index in [0.717, 1.165) is 0 Å². The number of rotatable bonds is 1. The summed E-state index contributed by atoms with van der Waals surface area (Å²) in [5, 5.41) is 6.21. The molecule has 2 aromatic rings. The maximum atomic E-state index is 11.0. The maximum absolute atomic E-state index is 11.0. The SMILES string of the molecule is C=Cc1ccccc1.Cc1n[nH]c(=S)n(C)c1=O. The summed E-state index contributed by atoms with van der Waals surface area (Å²) in [7, 11) is 1.61. The van der Waals surface area contributed by atoms with Crippen molar-refractivity contribution >= 4 is 18.3 Å². The summed E-state index contributed by atoms with van der Waals surface area (Å²) < 4.78 is 1.69. The zero-order chi connectivity index (χ0) is 13.5. The van der Waals surface area contributed by atoms with Crippen LogP contribution in [-0.4, -0.2) is 14.8 Å². The van der Waals surface area contributed by atoms with Crippen molar-refractivity contribution in [2.75, 3.05) is 0 Å². The Morgan fingerprint density at radius 2 is 2.00 bits per heavy atom. The first kappa shape index (κ1) is 14.1. The van der Waals surface area contributed by atoms with E-state index in [1.54, 1.807) is 14.0 Å². The number of aromatic nitrogens is 3.